The fraction of sp³-hybridized carbons (Fsp3) is 0.811. The highest BCUT2D eigenvalue weighted by Gasteiger charge is 2.59. The molecule has 2 aromatic heterocycles. The lowest BCUT2D eigenvalue weighted by Crippen LogP contribution is -2.50. The number of allylic oxidation sites excluding steroid dienone is 2. The Bertz CT molecular complexity index is 1560. The summed E-state index contributed by atoms with van der Waals surface area (Å²) in [7, 11) is -4.71. The molecule has 0 aromatic carbocycles. The Balaban J connectivity index is 1.04. The number of imidazole rings is 1. The minimum atomic E-state index is -4.71. The van der Waals surface area contributed by atoms with E-state index in [9.17, 15) is 14.4 Å². The van der Waals surface area contributed by atoms with E-state index < -0.39 is 26.3 Å². The Morgan fingerprint density at radius 1 is 1.08 bits per heavy atom. The van der Waals surface area contributed by atoms with Gasteiger partial charge in [-0.25, -0.2) is 19.5 Å². The molecule has 1 saturated heterocycles. The first-order valence-electron chi connectivity index (χ1n) is 18.8. The third-order valence-electron chi connectivity index (χ3n) is 14.1. The van der Waals surface area contributed by atoms with Crippen LogP contribution in [0.5, 0.6) is 0 Å². The van der Waals surface area contributed by atoms with Gasteiger partial charge in [0.25, 0.3) is 0 Å². The molecule has 7 rings (SSSR count). The van der Waals surface area contributed by atoms with Crippen molar-refractivity contribution in [3.8, 4) is 0 Å². The number of phosphoric ester groups is 1. The van der Waals surface area contributed by atoms with Gasteiger partial charge in [-0.2, -0.15) is 0 Å². The summed E-state index contributed by atoms with van der Waals surface area (Å²) in [4.78, 5) is 32.3. The molecule has 2 aromatic rings. The van der Waals surface area contributed by atoms with Gasteiger partial charge in [-0.3, -0.25) is 9.09 Å². The predicted octanol–water partition coefficient (Wildman–Crippen LogP) is 8.22. The number of nitrogens with two attached hydrogens (primary N) is 1. The fourth-order valence-electron chi connectivity index (χ4n) is 11.7. The number of phosphoric acid groups is 1. The highest BCUT2D eigenvalue weighted by molar-refractivity contribution is 7.46. The van der Waals surface area contributed by atoms with Crippen molar-refractivity contribution in [1.29, 1.82) is 0 Å². The summed E-state index contributed by atoms with van der Waals surface area (Å²) in [6.07, 6.45) is 19.1. The van der Waals surface area contributed by atoms with E-state index >= 15 is 0 Å². The van der Waals surface area contributed by atoms with Gasteiger partial charge in [-0.05, 0) is 110 Å². The van der Waals surface area contributed by atoms with Crippen LogP contribution in [0, 0.1) is 52.3 Å². The highest BCUT2D eigenvalue weighted by Crippen LogP contribution is 2.68. The molecule has 11 heteroatoms. The van der Waals surface area contributed by atoms with Crippen molar-refractivity contribution in [2.45, 2.75) is 137 Å². The first-order chi connectivity index (χ1) is 22.8. The molecule has 3 heterocycles. The van der Waals surface area contributed by atoms with Gasteiger partial charge in [0.1, 0.15) is 18.1 Å². The fourth-order valence-corrected chi connectivity index (χ4v) is 12.3. The van der Waals surface area contributed by atoms with Crippen LogP contribution in [0.2, 0.25) is 0 Å². The summed E-state index contributed by atoms with van der Waals surface area (Å²) in [5, 5.41) is 0. The van der Waals surface area contributed by atoms with Gasteiger partial charge in [-0.1, -0.05) is 65.5 Å². The maximum absolute atomic E-state index is 12.0. The molecule has 3 saturated carbocycles. The summed E-state index contributed by atoms with van der Waals surface area (Å²) >= 11 is 0. The van der Waals surface area contributed by atoms with Crippen LogP contribution in [-0.2, 0) is 13.8 Å². The first-order valence-corrected chi connectivity index (χ1v) is 20.3. The molecule has 4 unspecified atom stereocenters. The monoisotopic (exact) mass is 683 g/mol. The maximum Gasteiger partial charge on any atom is 0.469 e. The van der Waals surface area contributed by atoms with E-state index in [0.29, 0.717) is 35.3 Å². The van der Waals surface area contributed by atoms with Crippen molar-refractivity contribution >= 4 is 24.8 Å². The number of hydrogen-bond acceptors (Lipinski definition) is 7. The smallest absolute Gasteiger partial charge is 0.382 e. The number of nitrogens with zero attached hydrogens (tertiary/aromatic N) is 4. The van der Waals surface area contributed by atoms with Crippen LogP contribution in [0.3, 0.4) is 0 Å². The van der Waals surface area contributed by atoms with Gasteiger partial charge < -0.3 is 20.3 Å². The van der Waals surface area contributed by atoms with Gasteiger partial charge >= 0.3 is 7.82 Å². The maximum atomic E-state index is 12.0. The van der Waals surface area contributed by atoms with E-state index in [1.165, 1.54) is 64.1 Å². The molecular formula is C37H58N5O5P. The minimum absolute atomic E-state index is 0.248. The molecular weight excluding hydrogens is 625 g/mol. The SMILES string of the molecule is CC(C)CCC[C@@H](C)[C@H]1CCC2C3CC=C4CC(C[C@H]5O[C@@H](n6cnc7c(N)ncnc76)C[C@@H]5OP(=O)(O)O)CC[C@]4(C)C3CC[C@@]21C. The number of fused-ring (bicyclic) bond motifs is 6. The number of anilines is 1. The largest absolute Gasteiger partial charge is 0.469 e. The second-order valence-corrected chi connectivity index (χ2v) is 18.4. The molecule has 1 aliphatic heterocycles. The van der Waals surface area contributed by atoms with Crippen molar-refractivity contribution < 1.29 is 23.6 Å². The van der Waals surface area contributed by atoms with E-state index in [-0.39, 0.29) is 11.2 Å². The number of hydrogen-bond donors (Lipinski definition) is 3. The number of rotatable bonds is 10. The second kappa shape index (κ2) is 13.0. The minimum Gasteiger partial charge on any atom is -0.382 e. The molecule has 0 radical (unpaired) electrons. The van der Waals surface area contributed by atoms with Crippen molar-refractivity contribution in [3.63, 3.8) is 0 Å². The van der Waals surface area contributed by atoms with Gasteiger partial charge in [0.05, 0.1) is 18.5 Å². The predicted molar refractivity (Wildman–Crippen MR) is 186 cm³/mol. The van der Waals surface area contributed by atoms with E-state index in [1.54, 1.807) is 16.5 Å². The van der Waals surface area contributed by atoms with Crippen LogP contribution in [0.1, 0.15) is 124 Å². The van der Waals surface area contributed by atoms with Gasteiger partial charge in [0, 0.05) is 6.42 Å². The molecule has 4 aliphatic carbocycles. The molecule has 10 nitrogen and oxygen atoms in total. The molecule has 0 spiro atoms. The number of ether oxygens (including phenoxy) is 1. The van der Waals surface area contributed by atoms with E-state index in [0.717, 1.165) is 48.3 Å². The second-order valence-electron chi connectivity index (χ2n) is 17.2. The first kappa shape index (κ1) is 34.6. The van der Waals surface area contributed by atoms with E-state index in [2.05, 4.69) is 55.6 Å². The normalized spacial score (nSPS) is 38.9. The van der Waals surface area contributed by atoms with Gasteiger partial charge in [0.15, 0.2) is 11.5 Å². The molecule has 0 amide bonds. The molecule has 4 fully saturated rings. The number of aromatic nitrogens is 4. The molecule has 0 bridgehead atoms. The zero-order chi connectivity index (χ0) is 34.0. The quantitative estimate of drug-likeness (QED) is 0.167. The van der Waals surface area contributed by atoms with E-state index in [1.807, 2.05) is 0 Å². The molecule has 48 heavy (non-hydrogen) atoms. The standard InChI is InChI=1S/C37H58N5O5P/c1-22(2)7-6-8-23(3)27-11-12-28-26-10-9-25-17-24(13-15-36(25,4)29(26)14-16-37(27,28)5)18-30-31(47-48(43,44)45)19-32(46-30)42-21-41-33-34(38)39-20-40-35(33)42/h9,20-24,26-32H,6-8,10-19H2,1-5H3,(H2,38,39,40)(H2,43,44,45)/t23-,24?,26?,27-,28?,29?,30-,31+,32-,36+,37-/m1/s1. The lowest BCUT2D eigenvalue weighted by Gasteiger charge is -2.58. The Kier molecular flexibility index (Phi) is 9.40. The zero-order valence-corrected chi connectivity index (χ0v) is 30.5. The lowest BCUT2D eigenvalue weighted by molar-refractivity contribution is -0.0584. The Morgan fingerprint density at radius 2 is 1.90 bits per heavy atom. The summed E-state index contributed by atoms with van der Waals surface area (Å²) in [6.45, 7) is 12.5. The lowest BCUT2D eigenvalue weighted by atomic mass is 9.46. The topological polar surface area (TPSA) is 146 Å². The summed E-state index contributed by atoms with van der Waals surface area (Å²) < 4.78 is 25.7. The highest BCUT2D eigenvalue weighted by atomic mass is 31.2. The molecule has 5 aliphatic rings. The molecule has 4 N–H and O–H groups in total. The van der Waals surface area contributed by atoms with Crippen LogP contribution in [-0.4, -0.2) is 41.5 Å². The van der Waals surface area contributed by atoms with Crippen molar-refractivity contribution in [3.05, 3.63) is 24.3 Å². The molecule has 11 atom stereocenters. The van der Waals surface area contributed by atoms with Crippen LogP contribution >= 0.6 is 7.82 Å². The van der Waals surface area contributed by atoms with Crippen LogP contribution in [0.15, 0.2) is 24.3 Å². The molecule has 266 valence electrons. The van der Waals surface area contributed by atoms with Gasteiger partial charge in [-0.15, -0.1) is 0 Å². The van der Waals surface area contributed by atoms with Gasteiger partial charge in [0.2, 0.25) is 0 Å². The van der Waals surface area contributed by atoms with Crippen LogP contribution in [0.25, 0.3) is 11.2 Å². The third-order valence-corrected chi connectivity index (χ3v) is 14.7. The van der Waals surface area contributed by atoms with Crippen LogP contribution < -0.4 is 5.73 Å². The van der Waals surface area contributed by atoms with Crippen molar-refractivity contribution in [2.24, 2.45) is 52.3 Å². The Hall–Kier alpha value is -1.84. The van der Waals surface area contributed by atoms with E-state index in [4.69, 9.17) is 15.0 Å². The Morgan fingerprint density at radius 3 is 2.67 bits per heavy atom. The Labute approximate surface area is 286 Å². The summed E-state index contributed by atoms with van der Waals surface area (Å²) in [5.41, 5.74) is 9.38. The average Bonchev–Trinajstić information content (AvgIpc) is 3.72. The number of nitrogen functional groups attached to an aromatic ring is 1. The van der Waals surface area contributed by atoms with Crippen LogP contribution in [0.4, 0.5) is 5.82 Å². The third kappa shape index (κ3) is 6.31. The van der Waals surface area contributed by atoms with Crippen molar-refractivity contribution in [2.75, 3.05) is 5.73 Å². The zero-order valence-electron chi connectivity index (χ0n) is 29.6. The summed E-state index contributed by atoms with van der Waals surface area (Å²) in [5.74, 6) is 5.55. The van der Waals surface area contributed by atoms with Crippen molar-refractivity contribution in [1.82, 2.24) is 19.5 Å². The summed E-state index contributed by atoms with van der Waals surface area (Å²) in [6, 6.07) is 0. The average molecular weight is 684 g/mol.